The smallest absolute Gasteiger partial charge is 0.104 e. The average Bonchev–Trinajstić information content (AvgIpc) is 2.52. The van der Waals surface area contributed by atoms with Crippen molar-refractivity contribution in [3.8, 4) is 0 Å². The Balaban J connectivity index is 0.00000242. The van der Waals surface area contributed by atoms with Crippen molar-refractivity contribution in [3.63, 3.8) is 0 Å². The highest BCUT2D eigenvalue weighted by molar-refractivity contribution is 5.32. The minimum atomic E-state index is -0.294. The van der Waals surface area contributed by atoms with Gasteiger partial charge in [-0.15, -0.1) is 0 Å². The van der Waals surface area contributed by atoms with Gasteiger partial charge in [0, 0.05) is 5.92 Å². The van der Waals surface area contributed by atoms with Gasteiger partial charge in [0.2, 0.25) is 0 Å². The molecule has 0 heterocycles. The number of benzene rings is 2. The normalized spacial score (nSPS) is 12.2. The number of quaternary nitrogens is 1. The van der Waals surface area contributed by atoms with Gasteiger partial charge < -0.3 is 22.8 Å². The van der Waals surface area contributed by atoms with Gasteiger partial charge in [0.25, 0.3) is 0 Å². The first-order valence-corrected chi connectivity index (χ1v) is 7.78. The molecule has 3 N–H and O–H groups in total. The first-order chi connectivity index (χ1) is 10.2. The van der Waals surface area contributed by atoms with Crippen molar-refractivity contribution < 1.29 is 22.8 Å². The van der Waals surface area contributed by atoms with E-state index in [4.69, 9.17) is 0 Å². The van der Waals surface area contributed by atoms with Crippen LogP contribution < -0.4 is 17.7 Å². The van der Waals surface area contributed by atoms with Gasteiger partial charge in [-0.3, -0.25) is 0 Å². The first kappa shape index (κ1) is 18.7. The monoisotopic (exact) mass is 319 g/mol. The van der Waals surface area contributed by atoms with Crippen LogP contribution in [-0.4, -0.2) is 23.8 Å². The zero-order chi connectivity index (χ0) is 15.1. The molecule has 0 amide bonds. The Labute approximate surface area is 140 Å². The number of halogens is 1. The number of nitrogens with two attached hydrogens (primary N) is 1. The van der Waals surface area contributed by atoms with Gasteiger partial charge >= 0.3 is 0 Å². The Morgan fingerprint density at radius 1 is 0.864 bits per heavy atom. The predicted molar refractivity (Wildman–Crippen MR) is 87.3 cm³/mol. The summed E-state index contributed by atoms with van der Waals surface area (Å²) in [5.41, 5.74) is 2.54. The van der Waals surface area contributed by atoms with E-state index >= 15 is 0 Å². The fourth-order valence-corrected chi connectivity index (χ4v) is 2.63. The van der Waals surface area contributed by atoms with Crippen molar-refractivity contribution >= 4 is 0 Å². The fourth-order valence-electron chi connectivity index (χ4n) is 2.63. The maximum atomic E-state index is 10.4. The highest BCUT2D eigenvalue weighted by atomic mass is 35.5. The summed E-state index contributed by atoms with van der Waals surface area (Å²) in [5.74, 6) is 0.253. The fraction of sp³-hybridized carbons (Fsp3) is 0.368. The van der Waals surface area contributed by atoms with Crippen LogP contribution in [0.5, 0.6) is 0 Å². The third kappa shape index (κ3) is 5.80. The zero-order valence-electron chi connectivity index (χ0n) is 13.3. The van der Waals surface area contributed by atoms with E-state index in [2.05, 4.69) is 67.7 Å². The number of rotatable bonds is 7. The molecule has 0 aromatic heterocycles. The minimum absolute atomic E-state index is 0. The topological polar surface area (TPSA) is 36.8 Å². The molecule has 1 unspecified atom stereocenters. The van der Waals surface area contributed by atoms with E-state index in [1.54, 1.807) is 0 Å². The Morgan fingerprint density at radius 2 is 1.32 bits per heavy atom. The zero-order valence-corrected chi connectivity index (χ0v) is 14.1. The molecule has 0 spiro atoms. The molecule has 22 heavy (non-hydrogen) atoms. The van der Waals surface area contributed by atoms with Crippen LogP contribution in [0, 0.1) is 0 Å². The van der Waals surface area contributed by atoms with Crippen molar-refractivity contribution in [3.05, 3.63) is 71.8 Å². The summed E-state index contributed by atoms with van der Waals surface area (Å²) in [6.45, 7) is 5.06. The lowest BCUT2D eigenvalue weighted by Gasteiger charge is -2.21. The molecule has 0 aliphatic carbocycles. The van der Waals surface area contributed by atoms with Crippen LogP contribution in [0.25, 0.3) is 0 Å². The van der Waals surface area contributed by atoms with E-state index in [0.29, 0.717) is 6.04 Å². The summed E-state index contributed by atoms with van der Waals surface area (Å²) in [6.07, 6.45) is 0.467. The molecule has 1 atom stereocenters. The molecule has 0 radical (unpaired) electrons. The van der Waals surface area contributed by atoms with Crippen LogP contribution in [0.15, 0.2) is 60.7 Å². The van der Waals surface area contributed by atoms with E-state index in [0.717, 1.165) is 13.0 Å². The Kier molecular flexibility index (Phi) is 8.18. The van der Waals surface area contributed by atoms with Crippen LogP contribution in [0.1, 0.15) is 37.3 Å². The maximum Gasteiger partial charge on any atom is 0.104 e. The lowest BCUT2D eigenvalue weighted by Crippen LogP contribution is -3.00. The molecular weight excluding hydrogens is 294 g/mol. The predicted octanol–water partition coefficient (Wildman–Crippen LogP) is -0.455. The number of aliphatic hydroxyl groups is 1. The van der Waals surface area contributed by atoms with Crippen molar-refractivity contribution in [2.75, 3.05) is 6.54 Å². The van der Waals surface area contributed by atoms with E-state index < -0.39 is 0 Å². The molecule has 0 aliphatic heterocycles. The first-order valence-electron chi connectivity index (χ1n) is 7.78. The standard InChI is InChI=1S/C19H25NO.ClH/c1-15(2)20-14-18(21)13-19(16-9-5-3-6-10-16)17-11-7-4-8-12-17;/h3-12,15,18-21H,13-14H2,1-2H3;1H. The molecule has 120 valence electrons. The summed E-state index contributed by atoms with van der Waals surface area (Å²) in [4.78, 5) is 0. The lowest BCUT2D eigenvalue weighted by atomic mass is 9.86. The molecule has 2 rings (SSSR count). The van der Waals surface area contributed by atoms with Crippen LogP contribution in [0.2, 0.25) is 0 Å². The minimum Gasteiger partial charge on any atom is -1.00 e. The number of hydrogen-bond donors (Lipinski definition) is 2. The maximum absolute atomic E-state index is 10.4. The summed E-state index contributed by atoms with van der Waals surface area (Å²) >= 11 is 0. The number of hydrogen-bond acceptors (Lipinski definition) is 1. The molecule has 0 aliphatic rings. The van der Waals surface area contributed by atoms with Gasteiger partial charge in [0.15, 0.2) is 0 Å². The van der Waals surface area contributed by atoms with Crippen molar-refractivity contribution in [1.82, 2.24) is 0 Å². The summed E-state index contributed by atoms with van der Waals surface area (Å²) in [7, 11) is 0. The largest absolute Gasteiger partial charge is 1.00 e. The Bertz CT molecular complexity index is 476. The highest BCUT2D eigenvalue weighted by Crippen LogP contribution is 2.28. The summed E-state index contributed by atoms with van der Waals surface area (Å²) in [5, 5.41) is 12.6. The third-order valence-electron chi connectivity index (χ3n) is 3.79. The van der Waals surface area contributed by atoms with Crippen molar-refractivity contribution in [1.29, 1.82) is 0 Å². The Hall–Kier alpha value is -1.35. The molecule has 0 bridgehead atoms. The van der Waals surface area contributed by atoms with Gasteiger partial charge in [-0.2, -0.15) is 0 Å². The molecule has 0 fully saturated rings. The highest BCUT2D eigenvalue weighted by Gasteiger charge is 2.19. The van der Waals surface area contributed by atoms with Crippen LogP contribution in [-0.2, 0) is 0 Å². The molecule has 3 heteroatoms. The van der Waals surface area contributed by atoms with Crippen molar-refractivity contribution in [2.45, 2.75) is 38.3 Å². The van der Waals surface area contributed by atoms with Gasteiger partial charge in [-0.25, -0.2) is 0 Å². The average molecular weight is 320 g/mol. The second kappa shape index (κ2) is 9.62. The van der Waals surface area contributed by atoms with Crippen LogP contribution >= 0.6 is 0 Å². The van der Waals surface area contributed by atoms with E-state index in [1.165, 1.54) is 11.1 Å². The molecular formula is C19H26ClNO. The van der Waals surface area contributed by atoms with Crippen LogP contribution in [0.4, 0.5) is 0 Å². The summed E-state index contributed by atoms with van der Waals surface area (Å²) in [6, 6.07) is 21.5. The van der Waals surface area contributed by atoms with E-state index in [1.807, 2.05) is 12.1 Å². The second-order valence-electron chi connectivity index (χ2n) is 5.98. The summed E-state index contributed by atoms with van der Waals surface area (Å²) < 4.78 is 0. The number of aliphatic hydroxyl groups excluding tert-OH is 1. The quantitative estimate of drug-likeness (QED) is 0.712. The van der Waals surface area contributed by atoms with Gasteiger partial charge in [0.05, 0.1) is 6.04 Å². The van der Waals surface area contributed by atoms with Gasteiger partial charge in [0.1, 0.15) is 12.6 Å². The Morgan fingerprint density at radius 3 is 1.73 bits per heavy atom. The van der Waals surface area contributed by atoms with E-state index in [-0.39, 0.29) is 24.4 Å². The molecule has 2 nitrogen and oxygen atoms in total. The van der Waals surface area contributed by atoms with Gasteiger partial charge in [-0.05, 0) is 31.4 Å². The van der Waals surface area contributed by atoms with Crippen LogP contribution in [0.3, 0.4) is 0 Å². The molecule has 0 saturated carbocycles. The van der Waals surface area contributed by atoms with Gasteiger partial charge in [-0.1, -0.05) is 60.7 Å². The lowest BCUT2D eigenvalue weighted by molar-refractivity contribution is -0.688. The molecule has 2 aromatic rings. The van der Waals surface area contributed by atoms with Crippen molar-refractivity contribution in [2.24, 2.45) is 0 Å². The molecule has 0 saturated heterocycles. The molecule has 2 aromatic carbocycles. The van der Waals surface area contributed by atoms with E-state index in [9.17, 15) is 5.11 Å². The third-order valence-corrected chi connectivity index (χ3v) is 3.79. The second-order valence-corrected chi connectivity index (χ2v) is 5.98. The SMILES string of the molecule is CC(C)[NH2+]CC(O)CC(c1ccccc1)c1ccccc1.[Cl-].